The Labute approximate surface area is 157 Å². The van der Waals surface area contributed by atoms with Crippen LogP contribution in [0, 0.1) is 20.2 Å². The molecule has 0 aliphatic heterocycles. The fourth-order valence-corrected chi connectivity index (χ4v) is 3.43. The van der Waals surface area contributed by atoms with Crippen LogP contribution in [-0.2, 0) is 9.84 Å². The average molecular weight is 414 g/mol. The predicted octanol–water partition coefficient (Wildman–Crippen LogP) is 1.81. The van der Waals surface area contributed by atoms with Gasteiger partial charge in [0.2, 0.25) is 0 Å². The van der Waals surface area contributed by atoms with Gasteiger partial charge < -0.3 is 10.6 Å². The second-order valence-corrected chi connectivity index (χ2v) is 8.36. The summed E-state index contributed by atoms with van der Waals surface area (Å²) in [6, 6.07) is 6.04. The Kier molecular flexibility index (Phi) is 6.07. The fraction of sp³-hybridized carbons (Fsp3) is 0.214. The van der Waals surface area contributed by atoms with Crippen LogP contribution in [-0.4, -0.2) is 43.5 Å². The van der Waals surface area contributed by atoms with Crippen molar-refractivity contribution in [3.8, 4) is 0 Å². The summed E-state index contributed by atoms with van der Waals surface area (Å²) < 4.78 is 23.0. The van der Waals surface area contributed by atoms with E-state index in [1.54, 1.807) is 0 Å². The number of nitro benzene ring substituents is 1. The van der Waals surface area contributed by atoms with Crippen molar-refractivity contribution in [2.75, 3.05) is 24.7 Å². The largest absolute Gasteiger partial charge is 0.378 e. The molecule has 0 bridgehead atoms. The Morgan fingerprint density at radius 1 is 1.11 bits per heavy atom. The lowest BCUT2D eigenvalue weighted by Gasteiger charge is -2.09. The van der Waals surface area contributed by atoms with E-state index < -0.39 is 31.3 Å². The highest BCUT2D eigenvalue weighted by atomic mass is 32.2. The number of nitro groups is 2. The van der Waals surface area contributed by atoms with Crippen molar-refractivity contribution in [2.45, 2.75) is 4.90 Å². The monoisotopic (exact) mass is 414 g/mol. The summed E-state index contributed by atoms with van der Waals surface area (Å²) in [7, 11) is -3.58. The van der Waals surface area contributed by atoms with Crippen LogP contribution < -0.4 is 10.6 Å². The minimum absolute atomic E-state index is 0.0928. The summed E-state index contributed by atoms with van der Waals surface area (Å²) in [6.45, 7) is 0.216. The molecule has 1 heterocycles. The Morgan fingerprint density at radius 2 is 1.81 bits per heavy atom. The molecular weight excluding hydrogens is 400 g/mol. The van der Waals surface area contributed by atoms with Crippen LogP contribution >= 0.6 is 11.3 Å². The van der Waals surface area contributed by atoms with Gasteiger partial charge in [0.15, 0.2) is 9.84 Å². The number of hydrogen-bond acceptors (Lipinski definition) is 9. The van der Waals surface area contributed by atoms with Gasteiger partial charge in [-0.15, -0.1) is 0 Å². The minimum atomic E-state index is -3.58. The average Bonchev–Trinajstić information content (AvgIpc) is 3.08. The number of thiophene rings is 1. The van der Waals surface area contributed by atoms with Gasteiger partial charge in [-0.2, -0.15) is 0 Å². The van der Waals surface area contributed by atoms with Gasteiger partial charge in [-0.05, 0) is 18.2 Å². The first-order chi connectivity index (χ1) is 12.6. The molecule has 1 amide bonds. The SMILES string of the molecule is CS(=O)(=O)c1ccc(NCCNC(=O)c2ccc([N+](=O)[O-])s2)c([N+](=O)[O-])c1. The molecule has 2 rings (SSSR count). The molecule has 0 atom stereocenters. The standard InChI is InChI=1S/C14H14N4O7S2/c1-27(24,25)9-2-3-10(11(8-9)17(20)21)15-6-7-16-14(19)12-4-5-13(26-12)18(22)23/h2-5,8,15H,6-7H2,1H3,(H,16,19). The number of benzene rings is 1. The summed E-state index contributed by atoms with van der Waals surface area (Å²) in [6.07, 6.45) is 0.948. The summed E-state index contributed by atoms with van der Waals surface area (Å²) in [5.41, 5.74) is -0.299. The number of rotatable bonds is 8. The van der Waals surface area contributed by atoms with Crippen molar-refractivity contribution in [3.05, 3.63) is 55.4 Å². The smallest absolute Gasteiger partial charge is 0.324 e. The summed E-state index contributed by atoms with van der Waals surface area (Å²) in [4.78, 5) is 32.3. The van der Waals surface area contributed by atoms with Crippen LogP contribution in [0.1, 0.15) is 9.67 Å². The van der Waals surface area contributed by atoms with Gasteiger partial charge >= 0.3 is 5.00 Å². The van der Waals surface area contributed by atoms with Crippen LogP contribution in [0.4, 0.5) is 16.4 Å². The number of amides is 1. The number of carbonyl (C=O) groups is 1. The molecule has 1 aromatic carbocycles. The van der Waals surface area contributed by atoms with E-state index in [9.17, 15) is 33.4 Å². The maximum atomic E-state index is 11.9. The Hall–Kier alpha value is -3.06. The first-order valence-corrected chi connectivity index (χ1v) is 10.0. The molecule has 0 unspecified atom stereocenters. The molecule has 0 saturated carbocycles. The van der Waals surface area contributed by atoms with Crippen molar-refractivity contribution in [2.24, 2.45) is 0 Å². The van der Waals surface area contributed by atoms with Gasteiger partial charge in [-0.1, -0.05) is 11.3 Å². The highest BCUT2D eigenvalue weighted by Gasteiger charge is 2.19. The number of hydrogen-bond donors (Lipinski definition) is 2. The van der Waals surface area contributed by atoms with Crippen LogP contribution in [0.5, 0.6) is 0 Å². The molecule has 0 spiro atoms. The molecule has 13 heteroatoms. The van der Waals surface area contributed by atoms with Gasteiger partial charge in [0, 0.05) is 31.5 Å². The van der Waals surface area contributed by atoms with Crippen LogP contribution in [0.2, 0.25) is 0 Å². The highest BCUT2D eigenvalue weighted by Crippen LogP contribution is 2.27. The van der Waals surface area contributed by atoms with E-state index in [1.165, 1.54) is 24.3 Å². The van der Waals surface area contributed by atoms with E-state index in [-0.39, 0.29) is 33.6 Å². The number of anilines is 1. The zero-order chi connectivity index (χ0) is 20.2. The quantitative estimate of drug-likeness (QED) is 0.375. The second-order valence-electron chi connectivity index (χ2n) is 5.29. The van der Waals surface area contributed by atoms with Gasteiger partial charge in [-0.3, -0.25) is 25.0 Å². The summed E-state index contributed by atoms with van der Waals surface area (Å²) >= 11 is 0.736. The van der Waals surface area contributed by atoms with E-state index in [0.717, 1.165) is 23.7 Å². The molecule has 0 aliphatic rings. The zero-order valence-electron chi connectivity index (χ0n) is 13.9. The second kappa shape index (κ2) is 8.09. The molecule has 0 saturated heterocycles. The van der Waals surface area contributed by atoms with Crippen LogP contribution in [0.25, 0.3) is 0 Å². The van der Waals surface area contributed by atoms with Crippen LogP contribution in [0.3, 0.4) is 0 Å². The third-order valence-corrected chi connectivity index (χ3v) is 5.46. The lowest BCUT2D eigenvalue weighted by atomic mass is 10.2. The van der Waals surface area contributed by atoms with Crippen molar-refractivity contribution in [1.82, 2.24) is 5.32 Å². The molecule has 0 aliphatic carbocycles. The molecule has 2 N–H and O–H groups in total. The topological polar surface area (TPSA) is 162 Å². The van der Waals surface area contributed by atoms with E-state index in [1.807, 2.05) is 0 Å². The number of carbonyl (C=O) groups excluding carboxylic acids is 1. The van der Waals surface area contributed by atoms with Gasteiger partial charge in [0.25, 0.3) is 11.6 Å². The molecule has 27 heavy (non-hydrogen) atoms. The minimum Gasteiger partial charge on any atom is -0.378 e. The maximum Gasteiger partial charge on any atom is 0.324 e. The first-order valence-electron chi connectivity index (χ1n) is 7.34. The lowest BCUT2D eigenvalue weighted by Crippen LogP contribution is -2.28. The van der Waals surface area contributed by atoms with Crippen LogP contribution in [0.15, 0.2) is 35.2 Å². The fourth-order valence-electron chi connectivity index (χ4n) is 2.05. The predicted molar refractivity (Wildman–Crippen MR) is 98.0 cm³/mol. The number of sulfone groups is 1. The molecule has 11 nitrogen and oxygen atoms in total. The van der Waals surface area contributed by atoms with Crippen molar-refractivity contribution >= 4 is 43.5 Å². The molecule has 144 valence electrons. The van der Waals surface area contributed by atoms with E-state index >= 15 is 0 Å². The van der Waals surface area contributed by atoms with Crippen molar-refractivity contribution in [3.63, 3.8) is 0 Å². The van der Waals surface area contributed by atoms with Gasteiger partial charge in [0.1, 0.15) is 5.69 Å². The van der Waals surface area contributed by atoms with Crippen molar-refractivity contribution < 1.29 is 23.1 Å². The molecule has 1 aromatic heterocycles. The van der Waals surface area contributed by atoms with E-state index in [4.69, 9.17) is 0 Å². The Morgan fingerprint density at radius 3 is 2.37 bits per heavy atom. The summed E-state index contributed by atoms with van der Waals surface area (Å²) in [5.74, 6) is -0.503. The van der Waals surface area contributed by atoms with E-state index in [0.29, 0.717) is 0 Å². The molecular formula is C14H14N4O7S2. The lowest BCUT2D eigenvalue weighted by molar-refractivity contribution is -0.384. The summed E-state index contributed by atoms with van der Waals surface area (Å²) in [5, 5.41) is 26.9. The molecule has 0 fully saturated rings. The number of nitrogens with one attached hydrogen (secondary N) is 2. The zero-order valence-corrected chi connectivity index (χ0v) is 15.5. The molecule has 0 radical (unpaired) electrons. The maximum absolute atomic E-state index is 11.9. The number of nitrogens with zero attached hydrogens (tertiary/aromatic N) is 2. The highest BCUT2D eigenvalue weighted by molar-refractivity contribution is 7.90. The van der Waals surface area contributed by atoms with Gasteiger partial charge in [-0.25, -0.2) is 8.42 Å². The van der Waals surface area contributed by atoms with E-state index in [2.05, 4.69) is 10.6 Å². The van der Waals surface area contributed by atoms with Crippen molar-refractivity contribution in [1.29, 1.82) is 0 Å². The third-order valence-electron chi connectivity index (χ3n) is 3.32. The van der Waals surface area contributed by atoms with Gasteiger partial charge in [0.05, 0.1) is 19.6 Å². The Bertz CT molecular complexity index is 1000. The third kappa shape index (κ3) is 5.21. The Balaban J connectivity index is 1.97. The first kappa shape index (κ1) is 20.3. The normalized spacial score (nSPS) is 11.0. The molecule has 2 aromatic rings.